The van der Waals surface area contributed by atoms with Crippen LogP contribution in [0.15, 0.2) is 95.9 Å². The largest absolute Gasteiger partial charge is 0.478 e. The van der Waals surface area contributed by atoms with Crippen molar-refractivity contribution < 1.29 is 19.5 Å². The predicted octanol–water partition coefficient (Wildman–Crippen LogP) is 6.18. The van der Waals surface area contributed by atoms with Crippen LogP contribution in [-0.2, 0) is 6.42 Å². The summed E-state index contributed by atoms with van der Waals surface area (Å²) in [5, 5.41) is 12.0. The molecule has 0 heterocycles. The Morgan fingerprint density at radius 2 is 1.46 bits per heavy atom. The summed E-state index contributed by atoms with van der Waals surface area (Å²) in [5.74, 6) is -1.27. The zero-order valence-corrected chi connectivity index (χ0v) is 19.5. The average molecular weight is 480 g/mol. The van der Waals surface area contributed by atoms with Crippen LogP contribution in [0.1, 0.15) is 42.2 Å². The third-order valence-electron chi connectivity index (χ3n) is 6.00. The highest BCUT2D eigenvalue weighted by atomic mass is 32.2. The van der Waals surface area contributed by atoms with Crippen LogP contribution >= 0.6 is 11.8 Å². The molecule has 172 valence electrons. The van der Waals surface area contributed by atoms with Gasteiger partial charge in [0.1, 0.15) is 0 Å². The number of aromatic carboxylic acids is 1. The quantitative estimate of drug-likeness (QED) is 0.215. The van der Waals surface area contributed by atoms with E-state index in [0.29, 0.717) is 17.0 Å². The minimum absolute atomic E-state index is 0.0499. The second-order valence-corrected chi connectivity index (χ2v) is 9.30. The number of ketones is 1. The predicted molar refractivity (Wildman–Crippen MR) is 138 cm³/mol. The molecule has 5 rings (SSSR count). The summed E-state index contributed by atoms with van der Waals surface area (Å²) in [5.41, 5.74) is 6.23. The van der Waals surface area contributed by atoms with E-state index in [9.17, 15) is 19.5 Å². The fourth-order valence-corrected chi connectivity index (χ4v) is 5.04. The van der Waals surface area contributed by atoms with Crippen molar-refractivity contribution in [2.45, 2.75) is 11.3 Å². The van der Waals surface area contributed by atoms with Gasteiger partial charge in [0, 0.05) is 16.1 Å². The van der Waals surface area contributed by atoms with E-state index in [2.05, 4.69) is 17.4 Å². The number of carboxylic acids is 1. The highest BCUT2D eigenvalue weighted by molar-refractivity contribution is 8.00. The fraction of sp³-hybridized carbons (Fsp3) is 0.0690. The van der Waals surface area contributed by atoms with Crippen molar-refractivity contribution in [3.05, 3.63) is 119 Å². The van der Waals surface area contributed by atoms with Crippen LogP contribution in [0.4, 0.5) is 5.69 Å². The normalized spacial score (nSPS) is 11.4. The van der Waals surface area contributed by atoms with E-state index in [-0.39, 0.29) is 16.9 Å². The number of carbonyl (C=O) groups excluding carboxylic acids is 2. The minimum Gasteiger partial charge on any atom is -0.478 e. The van der Waals surface area contributed by atoms with Crippen LogP contribution in [0.3, 0.4) is 0 Å². The number of anilines is 1. The van der Waals surface area contributed by atoms with Gasteiger partial charge in [0.15, 0.2) is 5.78 Å². The van der Waals surface area contributed by atoms with E-state index in [1.807, 2.05) is 42.5 Å². The minimum atomic E-state index is -1.15. The first-order valence-corrected chi connectivity index (χ1v) is 12.1. The van der Waals surface area contributed by atoms with Crippen molar-refractivity contribution in [3.63, 3.8) is 0 Å². The number of carbonyl (C=O) groups is 3. The Bertz CT molecular complexity index is 1460. The molecule has 0 aromatic heterocycles. The molecule has 0 saturated carbocycles. The molecule has 6 heteroatoms. The smallest absolute Gasteiger partial charge is 0.336 e. The van der Waals surface area contributed by atoms with E-state index in [1.54, 1.807) is 24.3 Å². The third kappa shape index (κ3) is 4.74. The lowest BCUT2D eigenvalue weighted by atomic mass is 10.0. The molecule has 0 fully saturated rings. The lowest BCUT2D eigenvalue weighted by Gasteiger charge is -2.09. The zero-order chi connectivity index (χ0) is 24.4. The molecule has 0 atom stereocenters. The highest BCUT2D eigenvalue weighted by Crippen LogP contribution is 2.37. The fourth-order valence-electron chi connectivity index (χ4n) is 4.25. The van der Waals surface area contributed by atoms with E-state index in [0.717, 1.165) is 11.3 Å². The van der Waals surface area contributed by atoms with Crippen LogP contribution in [-0.4, -0.2) is 28.5 Å². The van der Waals surface area contributed by atoms with Crippen LogP contribution in [0.2, 0.25) is 0 Å². The Morgan fingerprint density at radius 3 is 2.23 bits per heavy atom. The molecule has 0 unspecified atom stereocenters. The number of Topliss-reactive ketones (excluding diaryl/α,β-unsaturated/α-hetero) is 1. The zero-order valence-electron chi connectivity index (χ0n) is 18.7. The summed E-state index contributed by atoms with van der Waals surface area (Å²) < 4.78 is 0. The maximum Gasteiger partial charge on any atom is 0.336 e. The van der Waals surface area contributed by atoms with Gasteiger partial charge in [0.05, 0.1) is 16.9 Å². The number of nitrogens with one attached hydrogen (secondary N) is 1. The van der Waals surface area contributed by atoms with Crippen molar-refractivity contribution in [1.82, 2.24) is 0 Å². The summed E-state index contributed by atoms with van der Waals surface area (Å²) >= 11 is 1.43. The number of amides is 1. The molecule has 0 spiro atoms. The SMILES string of the molecule is O=C(CSc1ccc(NC(=O)c2ccccc2C(=O)O)cc1)c1ccc2c(c1)Cc1ccccc1-2. The Morgan fingerprint density at radius 1 is 0.771 bits per heavy atom. The molecule has 35 heavy (non-hydrogen) atoms. The summed E-state index contributed by atoms with van der Waals surface area (Å²) in [6, 6.07) is 27.5. The Kier molecular flexibility index (Phi) is 6.21. The molecule has 4 aromatic rings. The van der Waals surface area contributed by atoms with Gasteiger partial charge in [-0.2, -0.15) is 0 Å². The van der Waals surface area contributed by atoms with E-state index < -0.39 is 11.9 Å². The first kappa shape index (κ1) is 22.6. The lowest BCUT2D eigenvalue weighted by Crippen LogP contribution is -2.16. The molecule has 2 N–H and O–H groups in total. The molecule has 1 amide bonds. The van der Waals surface area contributed by atoms with Gasteiger partial charge in [-0.25, -0.2) is 4.79 Å². The molecule has 1 aliphatic rings. The molecular weight excluding hydrogens is 458 g/mol. The third-order valence-corrected chi connectivity index (χ3v) is 7.01. The Labute approximate surface area is 206 Å². The van der Waals surface area contributed by atoms with E-state index >= 15 is 0 Å². The summed E-state index contributed by atoms with van der Waals surface area (Å²) in [7, 11) is 0. The average Bonchev–Trinajstić information content (AvgIpc) is 3.26. The number of benzene rings is 4. The van der Waals surface area contributed by atoms with Crippen LogP contribution in [0.25, 0.3) is 11.1 Å². The van der Waals surface area contributed by atoms with Gasteiger partial charge < -0.3 is 10.4 Å². The topological polar surface area (TPSA) is 83.5 Å². The van der Waals surface area contributed by atoms with Crippen LogP contribution in [0.5, 0.6) is 0 Å². The van der Waals surface area contributed by atoms with Gasteiger partial charge in [-0.3, -0.25) is 9.59 Å². The number of carboxylic acid groups (broad SMARTS) is 1. The molecule has 5 nitrogen and oxygen atoms in total. The number of rotatable bonds is 7. The Hall–Kier alpha value is -4.16. The lowest BCUT2D eigenvalue weighted by molar-refractivity contribution is 0.0692. The van der Waals surface area contributed by atoms with Gasteiger partial charge in [0.25, 0.3) is 5.91 Å². The second kappa shape index (κ2) is 9.60. The summed E-state index contributed by atoms with van der Waals surface area (Å²) in [4.78, 5) is 37.6. The van der Waals surface area contributed by atoms with Gasteiger partial charge in [0.2, 0.25) is 0 Å². The van der Waals surface area contributed by atoms with Crippen molar-refractivity contribution in [2.75, 3.05) is 11.1 Å². The van der Waals surface area contributed by atoms with E-state index in [4.69, 9.17) is 0 Å². The molecule has 0 saturated heterocycles. The van der Waals surface area contributed by atoms with Gasteiger partial charge in [-0.05, 0) is 71.1 Å². The first-order valence-electron chi connectivity index (χ1n) is 11.1. The van der Waals surface area contributed by atoms with Gasteiger partial charge >= 0.3 is 5.97 Å². The molecule has 0 aliphatic heterocycles. The number of hydrogen-bond donors (Lipinski definition) is 2. The van der Waals surface area contributed by atoms with Crippen molar-refractivity contribution in [1.29, 1.82) is 0 Å². The van der Waals surface area contributed by atoms with Crippen molar-refractivity contribution >= 4 is 35.1 Å². The van der Waals surface area contributed by atoms with Crippen LogP contribution in [0, 0.1) is 0 Å². The second-order valence-electron chi connectivity index (χ2n) is 8.25. The molecule has 0 bridgehead atoms. The number of hydrogen-bond acceptors (Lipinski definition) is 4. The molecule has 4 aromatic carbocycles. The molecular formula is C29H21NO4S. The first-order chi connectivity index (χ1) is 17.0. The van der Waals surface area contributed by atoms with Gasteiger partial charge in [-0.1, -0.05) is 48.5 Å². The Balaban J connectivity index is 1.20. The molecule has 1 aliphatic carbocycles. The van der Waals surface area contributed by atoms with E-state index in [1.165, 1.54) is 46.1 Å². The number of thioether (sulfide) groups is 1. The molecule has 0 radical (unpaired) electrons. The van der Waals surface area contributed by atoms with Gasteiger partial charge in [-0.15, -0.1) is 11.8 Å². The monoisotopic (exact) mass is 479 g/mol. The van der Waals surface area contributed by atoms with Crippen molar-refractivity contribution in [2.24, 2.45) is 0 Å². The summed E-state index contributed by atoms with van der Waals surface area (Å²) in [6.07, 6.45) is 0.851. The maximum atomic E-state index is 12.8. The standard InChI is InChI=1S/C29H21NO4S/c31-27(19-9-14-24-20(16-19)15-18-5-1-2-6-23(18)24)17-35-22-12-10-21(11-13-22)30-28(32)25-7-3-4-8-26(25)29(33)34/h1-14,16H,15,17H2,(H,30,32)(H,33,34). The van der Waals surface area contributed by atoms with Crippen LogP contribution < -0.4 is 5.32 Å². The number of fused-ring (bicyclic) bond motifs is 3. The summed E-state index contributed by atoms with van der Waals surface area (Å²) in [6.45, 7) is 0. The van der Waals surface area contributed by atoms with Crippen molar-refractivity contribution in [3.8, 4) is 11.1 Å². The maximum absolute atomic E-state index is 12.8. The highest BCUT2D eigenvalue weighted by Gasteiger charge is 2.19.